The Bertz CT molecular complexity index is 694. The zero-order chi connectivity index (χ0) is 16.9. The van der Waals surface area contributed by atoms with Crippen molar-refractivity contribution in [3.8, 4) is 5.75 Å². The second-order valence-electron chi connectivity index (χ2n) is 6.34. The lowest BCUT2D eigenvalue weighted by atomic mass is 10.0. The summed E-state index contributed by atoms with van der Waals surface area (Å²) < 4.78 is 10.6. The Morgan fingerprint density at radius 2 is 2.17 bits per heavy atom. The van der Waals surface area contributed by atoms with Gasteiger partial charge in [0.25, 0.3) is 0 Å². The van der Waals surface area contributed by atoms with Crippen LogP contribution in [0.15, 0.2) is 44.4 Å². The van der Waals surface area contributed by atoms with Crippen molar-refractivity contribution in [2.24, 2.45) is 0 Å². The summed E-state index contributed by atoms with van der Waals surface area (Å²) in [5.74, 6) is 0.729. The molecule has 6 heteroatoms. The largest absolute Gasteiger partial charge is 0.502 e. The van der Waals surface area contributed by atoms with Gasteiger partial charge >= 0.3 is 0 Å². The van der Waals surface area contributed by atoms with Gasteiger partial charge in [-0.3, -0.25) is 9.69 Å². The minimum Gasteiger partial charge on any atom is -0.502 e. The van der Waals surface area contributed by atoms with Gasteiger partial charge in [0.1, 0.15) is 23.9 Å². The zero-order valence-electron chi connectivity index (χ0n) is 13.6. The molecule has 0 bridgehead atoms. The highest BCUT2D eigenvalue weighted by Crippen LogP contribution is 2.27. The summed E-state index contributed by atoms with van der Waals surface area (Å²) in [6, 6.07) is 5.08. The van der Waals surface area contributed by atoms with Crippen molar-refractivity contribution in [1.29, 1.82) is 0 Å². The van der Waals surface area contributed by atoms with Gasteiger partial charge in [0.05, 0.1) is 12.8 Å². The zero-order valence-corrected chi connectivity index (χ0v) is 13.6. The summed E-state index contributed by atoms with van der Waals surface area (Å²) in [5.41, 5.74) is -0.432. The van der Waals surface area contributed by atoms with Crippen LogP contribution in [-0.4, -0.2) is 27.7 Å². The Morgan fingerprint density at radius 1 is 1.29 bits per heavy atom. The Balaban J connectivity index is 1.72. The fourth-order valence-corrected chi connectivity index (χ4v) is 3.29. The molecular weight excluding hydrogens is 310 g/mol. The summed E-state index contributed by atoms with van der Waals surface area (Å²) in [6.45, 7) is 1.38. The predicted molar refractivity (Wildman–Crippen MR) is 87.6 cm³/mol. The van der Waals surface area contributed by atoms with E-state index in [9.17, 15) is 15.0 Å². The maximum Gasteiger partial charge on any atom is 0.226 e. The monoisotopic (exact) mass is 333 g/mol. The van der Waals surface area contributed by atoms with Gasteiger partial charge in [0, 0.05) is 12.1 Å². The van der Waals surface area contributed by atoms with Crippen LogP contribution in [0.4, 0.5) is 0 Å². The predicted octanol–water partition coefficient (Wildman–Crippen LogP) is 2.81. The first-order valence-corrected chi connectivity index (χ1v) is 8.39. The SMILES string of the molecule is O=c1cc(CN2CCCCC[C@H]2C[C@H](O)c2ccco2)occ1O. The van der Waals surface area contributed by atoms with Crippen molar-refractivity contribution in [2.45, 2.75) is 50.8 Å². The molecule has 130 valence electrons. The fraction of sp³-hybridized carbons (Fsp3) is 0.500. The van der Waals surface area contributed by atoms with Crippen molar-refractivity contribution < 1.29 is 19.0 Å². The molecule has 1 aliphatic rings. The Hall–Kier alpha value is -2.05. The summed E-state index contributed by atoms with van der Waals surface area (Å²) in [4.78, 5) is 13.8. The van der Waals surface area contributed by atoms with E-state index in [1.165, 1.54) is 6.07 Å². The van der Waals surface area contributed by atoms with Gasteiger partial charge in [-0.2, -0.15) is 0 Å². The van der Waals surface area contributed by atoms with Gasteiger partial charge in [-0.15, -0.1) is 0 Å². The van der Waals surface area contributed by atoms with Crippen LogP contribution in [-0.2, 0) is 6.54 Å². The minimum absolute atomic E-state index is 0.187. The number of aliphatic hydroxyl groups excluding tert-OH is 1. The number of nitrogens with zero attached hydrogens (tertiary/aromatic N) is 1. The normalized spacial score (nSPS) is 20.6. The molecular formula is C18H23NO5. The summed E-state index contributed by atoms with van der Waals surface area (Å²) >= 11 is 0. The summed E-state index contributed by atoms with van der Waals surface area (Å²) in [7, 11) is 0. The van der Waals surface area contributed by atoms with E-state index in [-0.39, 0.29) is 11.8 Å². The van der Waals surface area contributed by atoms with Gasteiger partial charge < -0.3 is 19.0 Å². The smallest absolute Gasteiger partial charge is 0.226 e. The topological polar surface area (TPSA) is 87.1 Å². The lowest BCUT2D eigenvalue weighted by Gasteiger charge is -2.30. The standard InChI is InChI=1S/C18H23NO5/c20-15-10-14(24-12-17(15)22)11-19-7-3-1-2-5-13(19)9-16(21)18-6-4-8-23-18/h4,6,8,10,12-13,16,21-22H,1-3,5,7,9,11H2/t13-,16-/m0/s1. The van der Waals surface area contributed by atoms with Crippen molar-refractivity contribution in [3.05, 3.63) is 52.5 Å². The molecule has 0 unspecified atom stereocenters. The molecule has 2 N–H and O–H groups in total. The quantitative estimate of drug-likeness (QED) is 0.875. The maximum atomic E-state index is 11.6. The molecule has 0 aromatic carbocycles. The minimum atomic E-state index is -0.641. The first-order valence-electron chi connectivity index (χ1n) is 8.39. The molecule has 0 radical (unpaired) electrons. The van der Waals surface area contributed by atoms with Gasteiger partial charge in [-0.05, 0) is 37.9 Å². The molecule has 1 saturated heterocycles. The summed E-state index contributed by atoms with van der Waals surface area (Å²) in [6.07, 6.45) is 6.93. The first kappa shape index (κ1) is 16.8. The number of hydrogen-bond donors (Lipinski definition) is 2. The van der Waals surface area contributed by atoms with E-state index in [2.05, 4.69) is 4.90 Å². The number of rotatable bonds is 5. The highest BCUT2D eigenvalue weighted by molar-refractivity contribution is 5.15. The van der Waals surface area contributed by atoms with Gasteiger partial charge in [-0.25, -0.2) is 0 Å². The van der Waals surface area contributed by atoms with E-state index >= 15 is 0 Å². The Morgan fingerprint density at radius 3 is 2.92 bits per heavy atom. The number of furan rings is 1. The number of aromatic hydroxyl groups is 1. The lowest BCUT2D eigenvalue weighted by molar-refractivity contribution is 0.0795. The number of aliphatic hydroxyl groups is 1. The maximum absolute atomic E-state index is 11.6. The average Bonchev–Trinajstić information content (AvgIpc) is 3.02. The molecule has 0 amide bonds. The first-order chi connectivity index (χ1) is 11.6. The summed E-state index contributed by atoms with van der Waals surface area (Å²) in [5, 5.41) is 19.7. The lowest BCUT2D eigenvalue weighted by Crippen LogP contribution is -2.35. The third-order valence-corrected chi connectivity index (χ3v) is 4.59. The van der Waals surface area contributed by atoms with E-state index in [4.69, 9.17) is 8.83 Å². The fourth-order valence-electron chi connectivity index (χ4n) is 3.29. The molecule has 0 aliphatic carbocycles. The van der Waals surface area contributed by atoms with Gasteiger partial charge in [-0.1, -0.05) is 12.8 Å². The van der Waals surface area contributed by atoms with Crippen LogP contribution in [0.25, 0.3) is 0 Å². The molecule has 1 aliphatic heterocycles. The second kappa shape index (κ2) is 7.68. The van der Waals surface area contributed by atoms with E-state index in [0.717, 1.165) is 38.5 Å². The van der Waals surface area contributed by atoms with Crippen LogP contribution >= 0.6 is 0 Å². The van der Waals surface area contributed by atoms with E-state index in [0.29, 0.717) is 24.5 Å². The van der Waals surface area contributed by atoms with Crippen LogP contribution in [0.3, 0.4) is 0 Å². The molecule has 1 fully saturated rings. The molecule has 0 spiro atoms. The van der Waals surface area contributed by atoms with Crippen molar-refractivity contribution in [3.63, 3.8) is 0 Å². The van der Waals surface area contributed by atoms with Crippen LogP contribution in [0.5, 0.6) is 5.75 Å². The molecule has 6 nitrogen and oxygen atoms in total. The molecule has 2 aromatic rings. The Kier molecular flexibility index (Phi) is 5.37. The van der Waals surface area contributed by atoms with Crippen LogP contribution in [0.1, 0.15) is 49.7 Å². The second-order valence-corrected chi connectivity index (χ2v) is 6.34. The van der Waals surface area contributed by atoms with Crippen molar-refractivity contribution in [1.82, 2.24) is 4.90 Å². The van der Waals surface area contributed by atoms with E-state index in [1.54, 1.807) is 18.4 Å². The molecule has 24 heavy (non-hydrogen) atoms. The van der Waals surface area contributed by atoms with Crippen molar-refractivity contribution in [2.75, 3.05) is 6.54 Å². The number of likely N-dealkylation sites (tertiary alicyclic amines) is 1. The van der Waals surface area contributed by atoms with Gasteiger partial charge in [0.15, 0.2) is 5.75 Å². The molecule has 2 aromatic heterocycles. The van der Waals surface area contributed by atoms with Crippen molar-refractivity contribution >= 4 is 0 Å². The molecule has 0 saturated carbocycles. The van der Waals surface area contributed by atoms with E-state index < -0.39 is 11.5 Å². The third kappa shape index (κ3) is 4.07. The molecule has 3 rings (SSSR count). The van der Waals surface area contributed by atoms with Crippen LogP contribution < -0.4 is 5.43 Å². The number of hydrogen-bond acceptors (Lipinski definition) is 6. The third-order valence-electron chi connectivity index (χ3n) is 4.59. The van der Waals surface area contributed by atoms with Crippen LogP contribution in [0.2, 0.25) is 0 Å². The molecule has 3 heterocycles. The Labute approximate surface area is 140 Å². The highest BCUT2D eigenvalue weighted by atomic mass is 16.4. The highest BCUT2D eigenvalue weighted by Gasteiger charge is 2.26. The van der Waals surface area contributed by atoms with Gasteiger partial charge in [0.2, 0.25) is 5.43 Å². The molecule has 2 atom stereocenters. The van der Waals surface area contributed by atoms with Crippen LogP contribution in [0, 0.1) is 0 Å². The van der Waals surface area contributed by atoms with E-state index in [1.807, 2.05) is 0 Å². The average molecular weight is 333 g/mol.